The summed E-state index contributed by atoms with van der Waals surface area (Å²) in [6.45, 7) is 5.49. The summed E-state index contributed by atoms with van der Waals surface area (Å²) in [5.74, 6) is 0.999. The number of halogens is 1. The smallest absolute Gasteiger partial charge is 0.158 e. The number of nitrogens with one attached hydrogen (secondary N) is 1. The Morgan fingerprint density at radius 1 is 1.27 bits per heavy atom. The normalized spacial score (nSPS) is 21.4. The van der Waals surface area contributed by atoms with Crippen LogP contribution < -0.4 is 5.32 Å². The van der Waals surface area contributed by atoms with Crippen LogP contribution in [0.15, 0.2) is 30.7 Å². The summed E-state index contributed by atoms with van der Waals surface area (Å²) in [4.78, 5) is 9.14. The second kappa shape index (κ2) is 7.75. The lowest BCUT2D eigenvalue weighted by Crippen LogP contribution is -2.38. The van der Waals surface area contributed by atoms with E-state index in [1.54, 1.807) is 0 Å². The molecule has 1 fully saturated rings. The second-order valence-electron chi connectivity index (χ2n) is 5.80. The first-order valence-electron chi connectivity index (χ1n) is 8.03. The van der Waals surface area contributed by atoms with Gasteiger partial charge in [0.1, 0.15) is 5.69 Å². The monoisotopic (exact) mass is 320 g/mol. The largest absolute Gasteiger partial charge is 0.327 e. The van der Waals surface area contributed by atoms with Crippen LogP contribution in [0.2, 0.25) is 0 Å². The van der Waals surface area contributed by atoms with Crippen LogP contribution in [0.1, 0.15) is 44.7 Å². The Bertz CT molecular complexity index is 579. The van der Waals surface area contributed by atoms with E-state index >= 15 is 0 Å². The van der Waals surface area contributed by atoms with Crippen LogP contribution in [0, 0.1) is 0 Å². The van der Waals surface area contributed by atoms with Crippen LogP contribution in [-0.4, -0.2) is 27.1 Å². The van der Waals surface area contributed by atoms with Gasteiger partial charge in [0.15, 0.2) is 5.82 Å². The van der Waals surface area contributed by atoms with E-state index in [1.165, 1.54) is 18.4 Å². The molecule has 2 aromatic heterocycles. The van der Waals surface area contributed by atoms with Crippen molar-refractivity contribution in [1.82, 2.24) is 19.9 Å². The van der Waals surface area contributed by atoms with E-state index in [-0.39, 0.29) is 12.4 Å². The molecule has 1 N–H and O–H groups in total. The highest BCUT2D eigenvalue weighted by Gasteiger charge is 2.23. The summed E-state index contributed by atoms with van der Waals surface area (Å²) in [5.41, 5.74) is 2.24. The summed E-state index contributed by atoms with van der Waals surface area (Å²) in [6.07, 6.45) is 10.5. The summed E-state index contributed by atoms with van der Waals surface area (Å²) in [7, 11) is 0. The Hall–Kier alpha value is -1.39. The standard InChI is InChI=1S/C17H24N4.ClH/c1-3-13-5-6-16(20-12-13)17-19-9-10-21(17)15-7-8-18-14(4-2)11-15;/h5-6,9-10,12,14-15,18H,3-4,7-8,11H2,1-2H3;1H/t14-,15-;/m1./s1. The molecule has 0 radical (unpaired) electrons. The van der Waals surface area contributed by atoms with Crippen LogP contribution in [0.3, 0.4) is 0 Å². The third kappa shape index (κ3) is 3.50. The van der Waals surface area contributed by atoms with Crippen LogP contribution in [0.4, 0.5) is 0 Å². The van der Waals surface area contributed by atoms with Gasteiger partial charge < -0.3 is 9.88 Å². The number of imidazole rings is 1. The molecule has 1 aliphatic rings. The molecule has 0 bridgehead atoms. The molecular formula is C17H25ClN4. The molecule has 3 rings (SSSR count). The average Bonchev–Trinajstić information content (AvgIpc) is 3.04. The van der Waals surface area contributed by atoms with E-state index in [1.807, 2.05) is 12.4 Å². The van der Waals surface area contributed by atoms with Crippen molar-refractivity contribution in [3.05, 3.63) is 36.3 Å². The lowest BCUT2D eigenvalue weighted by atomic mass is 9.97. The Kier molecular flexibility index (Phi) is 5.98. The van der Waals surface area contributed by atoms with Gasteiger partial charge in [0.2, 0.25) is 0 Å². The highest BCUT2D eigenvalue weighted by Crippen LogP contribution is 2.28. The van der Waals surface area contributed by atoms with Gasteiger partial charge in [0.05, 0.1) is 0 Å². The second-order valence-corrected chi connectivity index (χ2v) is 5.80. The van der Waals surface area contributed by atoms with Gasteiger partial charge in [0.25, 0.3) is 0 Å². The number of pyridine rings is 1. The summed E-state index contributed by atoms with van der Waals surface area (Å²) < 4.78 is 2.32. The molecule has 0 amide bonds. The molecular weight excluding hydrogens is 296 g/mol. The molecule has 1 saturated heterocycles. The molecule has 0 spiro atoms. The Morgan fingerprint density at radius 3 is 2.82 bits per heavy atom. The summed E-state index contributed by atoms with van der Waals surface area (Å²) in [6, 6.07) is 5.39. The Labute approximate surface area is 138 Å². The van der Waals surface area contributed by atoms with Crippen molar-refractivity contribution < 1.29 is 0 Å². The molecule has 2 aromatic rings. The number of aryl methyl sites for hydroxylation is 1. The first-order valence-corrected chi connectivity index (χ1v) is 8.03. The van der Waals surface area contributed by atoms with Gasteiger partial charge in [0, 0.05) is 30.7 Å². The summed E-state index contributed by atoms with van der Waals surface area (Å²) in [5, 5.41) is 3.59. The Morgan fingerprint density at radius 2 is 2.14 bits per heavy atom. The highest BCUT2D eigenvalue weighted by atomic mass is 35.5. The first kappa shape index (κ1) is 17.0. The fourth-order valence-electron chi connectivity index (χ4n) is 3.12. The quantitative estimate of drug-likeness (QED) is 0.935. The number of nitrogens with zero attached hydrogens (tertiary/aromatic N) is 3. The minimum absolute atomic E-state index is 0. The lowest BCUT2D eigenvalue weighted by Gasteiger charge is -2.31. The van der Waals surface area contributed by atoms with Crippen LogP contribution in [0.25, 0.3) is 11.5 Å². The minimum atomic E-state index is 0. The third-order valence-electron chi connectivity index (χ3n) is 4.48. The molecule has 0 saturated carbocycles. The van der Waals surface area contributed by atoms with Crippen molar-refractivity contribution >= 4 is 12.4 Å². The molecule has 0 aromatic carbocycles. The maximum Gasteiger partial charge on any atom is 0.158 e. The number of hydrogen-bond acceptors (Lipinski definition) is 3. The van der Waals surface area contributed by atoms with E-state index in [4.69, 9.17) is 0 Å². The predicted molar refractivity (Wildman–Crippen MR) is 92.4 cm³/mol. The van der Waals surface area contributed by atoms with E-state index in [9.17, 15) is 0 Å². The number of rotatable bonds is 4. The van der Waals surface area contributed by atoms with Crippen molar-refractivity contribution in [2.24, 2.45) is 0 Å². The zero-order valence-electron chi connectivity index (χ0n) is 13.3. The van der Waals surface area contributed by atoms with Crippen molar-refractivity contribution in [2.75, 3.05) is 6.54 Å². The van der Waals surface area contributed by atoms with Crippen molar-refractivity contribution in [1.29, 1.82) is 0 Å². The molecule has 0 unspecified atom stereocenters. The minimum Gasteiger partial charge on any atom is -0.327 e. The molecule has 3 heterocycles. The van der Waals surface area contributed by atoms with Gasteiger partial charge in [-0.05, 0) is 43.9 Å². The van der Waals surface area contributed by atoms with E-state index in [0.717, 1.165) is 30.9 Å². The topological polar surface area (TPSA) is 42.7 Å². The van der Waals surface area contributed by atoms with Gasteiger partial charge in [-0.3, -0.25) is 4.98 Å². The van der Waals surface area contributed by atoms with E-state index in [0.29, 0.717) is 12.1 Å². The molecule has 5 heteroatoms. The van der Waals surface area contributed by atoms with Crippen LogP contribution in [0.5, 0.6) is 0 Å². The predicted octanol–water partition coefficient (Wildman–Crippen LogP) is 3.63. The van der Waals surface area contributed by atoms with Crippen molar-refractivity contribution in [2.45, 2.75) is 51.6 Å². The molecule has 2 atom stereocenters. The average molecular weight is 321 g/mol. The fourth-order valence-corrected chi connectivity index (χ4v) is 3.12. The fraction of sp³-hybridized carbons (Fsp3) is 0.529. The zero-order valence-corrected chi connectivity index (χ0v) is 14.1. The zero-order chi connectivity index (χ0) is 14.7. The number of hydrogen-bond donors (Lipinski definition) is 1. The number of aromatic nitrogens is 3. The van der Waals surface area contributed by atoms with Crippen molar-refractivity contribution in [3.8, 4) is 11.5 Å². The van der Waals surface area contributed by atoms with Gasteiger partial charge in [-0.15, -0.1) is 12.4 Å². The van der Waals surface area contributed by atoms with Gasteiger partial charge in [-0.25, -0.2) is 4.98 Å². The molecule has 120 valence electrons. The Balaban J connectivity index is 0.00000176. The molecule has 4 nitrogen and oxygen atoms in total. The third-order valence-corrected chi connectivity index (χ3v) is 4.48. The van der Waals surface area contributed by atoms with Crippen molar-refractivity contribution in [3.63, 3.8) is 0 Å². The van der Waals surface area contributed by atoms with Crippen LogP contribution in [-0.2, 0) is 6.42 Å². The lowest BCUT2D eigenvalue weighted by molar-refractivity contribution is 0.297. The molecule has 0 aliphatic carbocycles. The van der Waals surface area contributed by atoms with E-state index in [2.05, 4.69) is 52.0 Å². The summed E-state index contributed by atoms with van der Waals surface area (Å²) >= 11 is 0. The van der Waals surface area contributed by atoms with Gasteiger partial charge in [-0.1, -0.05) is 19.9 Å². The van der Waals surface area contributed by atoms with E-state index < -0.39 is 0 Å². The SMILES string of the molecule is CCc1ccc(-c2nccn2[C@@H]2CCN[C@H](CC)C2)nc1.Cl. The van der Waals surface area contributed by atoms with Gasteiger partial charge in [-0.2, -0.15) is 0 Å². The van der Waals surface area contributed by atoms with Crippen LogP contribution >= 0.6 is 12.4 Å². The highest BCUT2D eigenvalue weighted by molar-refractivity contribution is 5.85. The molecule has 22 heavy (non-hydrogen) atoms. The number of piperidine rings is 1. The maximum atomic E-state index is 4.59. The maximum absolute atomic E-state index is 4.59. The van der Waals surface area contributed by atoms with Gasteiger partial charge >= 0.3 is 0 Å². The molecule has 1 aliphatic heterocycles. The first-order chi connectivity index (χ1) is 10.3.